The van der Waals surface area contributed by atoms with Crippen LogP contribution in [0.1, 0.15) is 24.4 Å². The van der Waals surface area contributed by atoms with E-state index in [4.69, 9.17) is 0 Å². The minimum Gasteiger partial charge on any atom is -0.314 e. The van der Waals surface area contributed by atoms with Gasteiger partial charge in [-0.15, -0.1) is 10.2 Å². The first-order valence-corrected chi connectivity index (χ1v) is 7.01. The Morgan fingerprint density at radius 1 is 1.30 bits per heavy atom. The molecule has 1 aromatic heterocycles. The van der Waals surface area contributed by atoms with E-state index in [1.807, 2.05) is 6.07 Å². The molecule has 0 amide bonds. The van der Waals surface area contributed by atoms with E-state index in [2.05, 4.69) is 56.8 Å². The fourth-order valence-electron chi connectivity index (χ4n) is 2.77. The van der Waals surface area contributed by atoms with Gasteiger partial charge in [0.05, 0.1) is 13.1 Å². The standard InChI is InChI=1S/C14H20N6/c1-11-10-15-8-9-20(11)13(12-6-4-3-5-7-12)14-16-18-19(2)17-14/h3-7,11,13,15H,8-10H2,1-2H3/t11-,13?/m1/s1. The maximum atomic E-state index is 4.43. The molecule has 1 aromatic carbocycles. The maximum Gasteiger partial charge on any atom is 0.196 e. The Bertz CT molecular complexity index is 552. The van der Waals surface area contributed by atoms with Crippen molar-refractivity contribution in [3.05, 3.63) is 41.7 Å². The van der Waals surface area contributed by atoms with Crippen molar-refractivity contribution in [2.45, 2.75) is 19.0 Å². The molecule has 1 aliphatic rings. The number of tetrazole rings is 1. The van der Waals surface area contributed by atoms with Crippen LogP contribution in [0.5, 0.6) is 0 Å². The predicted octanol–water partition coefficient (Wildman–Crippen LogP) is 0.593. The molecule has 6 heteroatoms. The third-order valence-corrected chi connectivity index (χ3v) is 3.77. The molecule has 1 saturated heterocycles. The van der Waals surface area contributed by atoms with Gasteiger partial charge >= 0.3 is 0 Å². The molecule has 0 aliphatic carbocycles. The van der Waals surface area contributed by atoms with Crippen LogP contribution in [0.4, 0.5) is 0 Å². The molecule has 1 fully saturated rings. The van der Waals surface area contributed by atoms with Gasteiger partial charge in [-0.05, 0) is 17.7 Å². The molecule has 2 aromatic rings. The molecule has 1 aliphatic heterocycles. The van der Waals surface area contributed by atoms with E-state index in [9.17, 15) is 0 Å². The Morgan fingerprint density at radius 3 is 2.75 bits per heavy atom. The van der Waals surface area contributed by atoms with Crippen LogP contribution < -0.4 is 5.32 Å². The summed E-state index contributed by atoms with van der Waals surface area (Å²) < 4.78 is 0. The Balaban J connectivity index is 1.99. The normalized spacial score (nSPS) is 21.8. The van der Waals surface area contributed by atoms with Crippen LogP contribution in [0.2, 0.25) is 0 Å². The van der Waals surface area contributed by atoms with E-state index in [1.165, 1.54) is 10.4 Å². The third-order valence-electron chi connectivity index (χ3n) is 3.77. The summed E-state index contributed by atoms with van der Waals surface area (Å²) in [6, 6.07) is 10.9. The van der Waals surface area contributed by atoms with Crippen molar-refractivity contribution >= 4 is 0 Å². The number of nitrogens with one attached hydrogen (secondary N) is 1. The second-order valence-electron chi connectivity index (χ2n) is 5.24. The summed E-state index contributed by atoms with van der Waals surface area (Å²) in [7, 11) is 1.81. The summed E-state index contributed by atoms with van der Waals surface area (Å²) in [6.45, 7) is 5.20. The lowest BCUT2D eigenvalue weighted by Gasteiger charge is -2.38. The second-order valence-corrected chi connectivity index (χ2v) is 5.24. The molecular formula is C14H20N6. The van der Waals surface area contributed by atoms with Gasteiger partial charge in [0.1, 0.15) is 0 Å². The van der Waals surface area contributed by atoms with Crippen molar-refractivity contribution < 1.29 is 0 Å². The highest BCUT2D eigenvalue weighted by Crippen LogP contribution is 2.28. The number of aromatic nitrogens is 4. The fourth-order valence-corrected chi connectivity index (χ4v) is 2.77. The van der Waals surface area contributed by atoms with Gasteiger partial charge in [-0.3, -0.25) is 4.90 Å². The topological polar surface area (TPSA) is 58.9 Å². The summed E-state index contributed by atoms with van der Waals surface area (Å²) in [6.07, 6.45) is 0. The highest BCUT2D eigenvalue weighted by atomic mass is 15.6. The summed E-state index contributed by atoms with van der Waals surface area (Å²) in [5.74, 6) is 0.771. The van der Waals surface area contributed by atoms with Crippen LogP contribution in [0.3, 0.4) is 0 Å². The SMILES string of the molecule is C[C@@H]1CNCCN1C(c1ccccc1)c1nnn(C)n1. The number of benzene rings is 1. The smallest absolute Gasteiger partial charge is 0.196 e. The van der Waals surface area contributed by atoms with E-state index < -0.39 is 0 Å². The lowest BCUT2D eigenvalue weighted by Crippen LogP contribution is -2.51. The zero-order chi connectivity index (χ0) is 13.9. The molecule has 1 N–H and O–H groups in total. The van der Waals surface area contributed by atoms with E-state index in [0.29, 0.717) is 6.04 Å². The Labute approximate surface area is 118 Å². The number of hydrogen-bond acceptors (Lipinski definition) is 5. The summed E-state index contributed by atoms with van der Waals surface area (Å²) in [5, 5.41) is 16.1. The highest BCUT2D eigenvalue weighted by molar-refractivity contribution is 5.24. The molecule has 6 nitrogen and oxygen atoms in total. The van der Waals surface area contributed by atoms with Gasteiger partial charge in [0.25, 0.3) is 0 Å². The minimum atomic E-state index is 0.0713. The van der Waals surface area contributed by atoms with Crippen LogP contribution in [0.15, 0.2) is 30.3 Å². The highest BCUT2D eigenvalue weighted by Gasteiger charge is 2.31. The largest absolute Gasteiger partial charge is 0.314 e. The van der Waals surface area contributed by atoms with E-state index in [1.54, 1.807) is 7.05 Å². The first kappa shape index (κ1) is 13.2. The van der Waals surface area contributed by atoms with Crippen molar-refractivity contribution in [3.63, 3.8) is 0 Å². The van der Waals surface area contributed by atoms with Gasteiger partial charge < -0.3 is 5.32 Å². The van der Waals surface area contributed by atoms with Gasteiger partial charge in [-0.25, -0.2) is 0 Å². The van der Waals surface area contributed by atoms with Crippen molar-refractivity contribution in [2.24, 2.45) is 7.05 Å². The summed E-state index contributed by atoms with van der Waals surface area (Å²) in [5.41, 5.74) is 1.22. The molecule has 0 spiro atoms. The molecule has 20 heavy (non-hydrogen) atoms. The summed E-state index contributed by atoms with van der Waals surface area (Å²) in [4.78, 5) is 3.97. The zero-order valence-corrected chi connectivity index (χ0v) is 11.9. The van der Waals surface area contributed by atoms with Gasteiger partial charge in [0.15, 0.2) is 5.82 Å². The first-order valence-electron chi connectivity index (χ1n) is 7.01. The number of aryl methyl sites for hydroxylation is 1. The van der Waals surface area contributed by atoms with E-state index in [-0.39, 0.29) is 6.04 Å². The van der Waals surface area contributed by atoms with Crippen molar-refractivity contribution in [3.8, 4) is 0 Å². The van der Waals surface area contributed by atoms with Gasteiger partial charge in [-0.2, -0.15) is 4.80 Å². The number of piperazine rings is 1. The monoisotopic (exact) mass is 272 g/mol. The molecule has 0 saturated carbocycles. The molecule has 1 unspecified atom stereocenters. The molecule has 3 rings (SSSR count). The molecule has 106 valence electrons. The summed E-state index contributed by atoms with van der Waals surface area (Å²) >= 11 is 0. The molecule has 2 heterocycles. The fraction of sp³-hybridized carbons (Fsp3) is 0.500. The molecule has 0 radical (unpaired) electrons. The quantitative estimate of drug-likeness (QED) is 0.886. The first-order chi connectivity index (χ1) is 9.75. The van der Waals surface area contributed by atoms with Crippen molar-refractivity contribution in [2.75, 3.05) is 19.6 Å². The lowest BCUT2D eigenvalue weighted by atomic mass is 10.0. The van der Waals surface area contributed by atoms with Gasteiger partial charge in [0, 0.05) is 25.7 Å². The van der Waals surface area contributed by atoms with E-state index in [0.717, 1.165) is 25.5 Å². The van der Waals surface area contributed by atoms with Crippen molar-refractivity contribution in [1.82, 2.24) is 30.4 Å². The molecule has 0 bridgehead atoms. The maximum absolute atomic E-state index is 4.43. The average Bonchev–Trinajstić information content (AvgIpc) is 2.89. The van der Waals surface area contributed by atoms with E-state index >= 15 is 0 Å². The Hall–Kier alpha value is -1.79. The van der Waals surface area contributed by atoms with Gasteiger partial charge in [0.2, 0.25) is 0 Å². The van der Waals surface area contributed by atoms with Crippen LogP contribution in [0, 0.1) is 0 Å². The van der Waals surface area contributed by atoms with Crippen LogP contribution in [-0.2, 0) is 7.05 Å². The second kappa shape index (κ2) is 5.68. The average molecular weight is 272 g/mol. The predicted molar refractivity (Wildman–Crippen MR) is 76.1 cm³/mol. The van der Waals surface area contributed by atoms with Gasteiger partial charge in [-0.1, -0.05) is 30.3 Å². The van der Waals surface area contributed by atoms with Crippen molar-refractivity contribution in [1.29, 1.82) is 0 Å². The third kappa shape index (κ3) is 2.57. The molecule has 2 atom stereocenters. The number of rotatable bonds is 3. The van der Waals surface area contributed by atoms with Crippen LogP contribution in [-0.4, -0.2) is 50.8 Å². The molecular weight excluding hydrogens is 252 g/mol. The number of hydrogen-bond donors (Lipinski definition) is 1. The number of nitrogens with zero attached hydrogens (tertiary/aromatic N) is 5. The minimum absolute atomic E-state index is 0.0713. The Morgan fingerprint density at radius 2 is 2.10 bits per heavy atom. The Kier molecular flexibility index (Phi) is 3.75. The lowest BCUT2D eigenvalue weighted by molar-refractivity contribution is 0.132. The zero-order valence-electron chi connectivity index (χ0n) is 11.9. The van der Waals surface area contributed by atoms with Crippen LogP contribution >= 0.6 is 0 Å². The van der Waals surface area contributed by atoms with Crippen LogP contribution in [0.25, 0.3) is 0 Å².